The van der Waals surface area contributed by atoms with E-state index in [-0.39, 0.29) is 0 Å². The Labute approximate surface area is 95.2 Å². The number of nitrogens with two attached hydrogens (primary N) is 1. The topological polar surface area (TPSA) is 29.3 Å². The molecule has 15 heavy (non-hydrogen) atoms. The number of rotatable bonds is 7. The van der Waals surface area contributed by atoms with Crippen molar-refractivity contribution < 1.29 is 0 Å². The van der Waals surface area contributed by atoms with E-state index >= 15 is 0 Å². The summed E-state index contributed by atoms with van der Waals surface area (Å²) in [5.74, 6) is 1.69. The third kappa shape index (κ3) is 4.12. The Morgan fingerprint density at radius 3 is 2.53 bits per heavy atom. The van der Waals surface area contributed by atoms with Crippen LogP contribution in [0.3, 0.4) is 0 Å². The highest BCUT2D eigenvalue weighted by Gasteiger charge is 2.27. The van der Waals surface area contributed by atoms with E-state index in [4.69, 9.17) is 5.73 Å². The molecule has 2 N–H and O–H groups in total. The van der Waals surface area contributed by atoms with Crippen molar-refractivity contribution in [3.63, 3.8) is 0 Å². The van der Waals surface area contributed by atoms with E-state index in [0.717, 1.165) is 18.4 Å². The molecule has 90 valence electrons. The van der Waals surface area contributed by atoms with E-state index in [2.05, 4.69) is 18.7 Å². The molecule has 0 spiro atoms. The van der Waals surface area contributed by atoms with Gasteiger partial charge >= 0.3 is 0 Å². The van der Waals surface area contributed by atoms with Crippen LogP contribution >= 0.6 is 0 Å². The molecular formula is C13H28N2. The van der Waals surface area contributed by atoms with E-state index in [1.165, 1.54) is 51.7 Å². The average Bonchev–Trinajstić information content (AvgIpc) is 2.71. The van der Waals surface area contributed by atoms with Gasteiger partial charge in [0.05, 0.1) is 0 Å². The van der Waals surface area contributed by atoms with Crippen LogP contribution in [-0.4, -0.2) is 31.1 Å². The van der Waals surface area contributed by atoms with Crippen molar-refractivity contribution >= 4 is 0 Å². The molecule has 0 saturated heterocycles. The van der Waals surface area contributed by atoms with Gasteiger partial charge in [0.2, 0.25) is 0 Å². The summed E-state index contributed by atoms with van der Waals surface area (Å²) >= 11 is 0. The zero-order valence-electron chi connectivity index (χ0n) is 10.5. The lowest BCUT2D eigenvalue weighted by Crippen LogP contribution is -2.33. The van der Waals surface area contributed by atoms with Crippen LogP contribution in [0.15, 0.2) is 0 Å². The lowest BCUT2D eigenvalue weighted by molar-refractivity contribution is 0.212. The van der Waals surface area contributed by atoms with E-state index in [0.29, 0.717) is 0 Å². The Morgan fingerprint density at radius 1 is 1.20 bits per heavy atom. The molecule has 1 fully saturated rings. The van der Waals surface area contributed by atoms with Crippen molar-refractivity contribution in [1.82, 2.24) is 4.90 Å². The molecule has 0 aromatic carbocycles. The highest BCUT2D eigenvalue weighted by Crippen LogP contribution is 2.31. The Morgan fingerprint density at radius 2 is 1.93 bits per heavy atom. The summed E-state index contributed by atoms with van der Waals surface area (Å²) in [7, 11) is 0. The number of unbranched alkanes of at least 4 members (excludes halogenated alkanes) is 1. The van der Waals surface area contributed by atoms with Gasteiger partial charge in [-0.05, 0) is 50.7 Å². The molecule has 1 rings (SSSR count). The average molecular weight is 212 g/mol. The molecule has 0 aromatic rings. The summed E-state index contributed by atoms with van der Waals surface area (Å²) in [6.45, 7) is 9.22. The molecule has 0 heterocycles. The van der Waals surface area contributed by atoms with Crippen molar-refractivity contribution in [2.45, 2.75) is 46.0 Å². The number of nitrogens with zero attached hydrogens (tertiary/aromatic N) is 1. The van der Waals surface area contributed by atoms with Gasteiger partial charge in [-0.15, -0.1) is 0 Å². The van der Waals surface area contributed by atoms with Crippen LogP contribution in [0.5, 0.6) is 0 Å². The Hall–Kier alpha value is -0.0800. The van der Waals surface area contributed by atoms with Crippen molar-refractivity contribution in [1.29, 1.82) is 0 Å². The third-order valence-electron chi connectivity index (χ3n) is 3.89. The second-order valence-electron chi connectivity index (χ2n) is 4.93. The predicted molar refractivity (Wildman–Crippen MR) is 66.9 cm³/mol. The van der Waals surface area contributed by atoms with Crippen LogP contribution in [0.2, 0.25) is 0 Å². The quantitative estimate of drug-likeness (QED) is 0.702. The molecule has 2 heteroatoms. The van der Waals surface area contributed by atoms with E-state index in [1.807, 2.05) is 0 Å². The number of hydrogen-bond acceptors (Lipinski definition) is 2. The van der Waals surface area contributed by atoms with Gasteiger partial charge in [0.15, 0.2) is 0 Å². The first-order valence-corrected chi connectivity index (χ1v) is 6.74. The lowest BCUT2D eigenvalue weighted by atomic mass is 9.95. The molecule has 0 radical (unpaired) electrons. The van der Waals surface area contributed by atoms with E-state index in [1.54, 1.807) is 0 Å². The largest absolute Gasteiger partial charge is 0.330 e. The summed E-state index contributed by atoms with van der Waals surface area (Å²) in [6, 6.07) is 0. The minimum Gasteiger partial charge on any atom is -0.330 e. The van der Waals surface area contributed by atoms with E-state index < -0.39 is 0 Å². The molecule has 0 amide bonds. The highest BCUT2D eigenvalue weighted by molar-refractivity contribution is 4.80. The maximum atomic E-state index is 5.82. The van der Waals surface area contributed by atoms with Crippen LogP contribution < -0.4 is 5.73 Å². The SMILES string of the molecule is CCCCN(CC)CC1CCCC1CN. The van der Waals surface area contributed by atoms with Crippen LogP contribution in [0.4, 0.5) is 0 Å². The first-order valence-electron chi connectivity index (χ1n) is 6.74. The van der Waals surface area contributed by atoms with Crippen LogP contribution in [0.25, 0.3) is 0 Å². The second kappa shape index (κ2) is 7.24. The summed E-state index contributed by atoms with van der Waals surface area (Å²) in [5, 5.41) is 0. The minimum absolute atomic E-state index is 0.806. The molecule has 1 aliphatic rings. The molecule has 2 atom stereocenters. The smallest absolute Gasteiger partial charge is 0.00127 e. The molecular weight excluding hydrogens is 184 g/mol. The van der Waals surface area contributed by atoms with Gasteiger partial charge in [-0.2, -0.15) is 0 Å². The van der Waals surface area contributed by atoms with Gasteiger partial charge in [0, 0.05) is 6.54 Å². The monoisotopic (exact) mass is 212 g/mol. The molecule has 0 bridgehead atoms. The van der Waals surface area contributed by atoms with Crippen molar-refractivity contribution in [3.05, 3.63) is 0 Å². The minimum atomic E-state index is 0.806. The number of hydrogen-bond donors (Lipinski definition) is 1. The van der Waals surface area contributed by atoms with Gasteiger partial charge in [-0.1, -0.05) is 26.7 Å². The maximum absolute atomic E-state index is 5.82. The van der Waals surface area contributed by atoms with Gasteiger partial charge in [-0.25, -0.2) is 0 Å². The third-order valence-corrected chi connectivity index (χ3v) is 3.89. The van der Waals surface area contributed by atoms with Gasteiger partial charge in [-0.3, -0.25) is 0 Å². The fourth-order valence-corrected chi connectivity index (χ4v) is 2.76. The maximum Gasteiger partial charge on any atom is 0.00127 e. The molecule has 0 aromatic heterocycles. The van der Waals surface area contributed by atoms with Crippen molar-refractivity contribution in [2.24, 2.45) is 17.6 Å². The lowest BCUT2D eigenvalue weighted by Gasteiger charge is -2.27. The Kier molecular flexibility index (Phi) is 6.26. The van der Waals surface area contributed by atoms with Gasteiger partial charge < -0.3 is 10.6 Å². The fraction of sp³-hybridized carbons (Fsp3) is 1.00. The summed E-state index contributed by atoms with van der Waals surface area (Å²) in [4.78, 5) is 2.61. The normalized spacial score (nSPS) is 26.4. The summed E-state index contributed by atoms with van der Waals surface area (Å²) in [5.41, 5.74) is 5.82. The predicted octanol–water partition coefficient (Wildman–Crippen LogP) is 2.48. The molecule has 1 aliphatic carbocycles. The molecule has 2 unspecified atom stereocenters. The summed E-state index contributed by atoms with van der Waals surface area (Å²) in [6.07, 6.45) is 6.82. The highest BCUT2D eigenvalue weighted by atomic mass is 15.1. The first-order chi connectivity index (χ1) is 7.31. The Balaban J connectivity index is 2.29. The van der Waals surface area contributed by atoms with Crippen LogP contribution in [0, 0.1) is 11.8 Å². The summed E-state index contributed by atoms with van der Waals surface area (Å²) < 4.78 is 0. The Bertz CT molecular complexity index is 159. The molecule has 1 saturated carbocycles. The van der Waals surface area contributed by atoms with Crippen LogP contribution in [-0.2, 0) is 0 Å². The fourth-order valence-electron chi connectivity index (χ4n) is 2.76. The first kappa shape index (κ1) is 13.0. The standard InChI is InChI=1S/C13H28N2/c1-3-5-9-15(4-2)11-13-8-6-7-12(13)10-14/h12-13H,3-11,14H2,1-2H3. The van der Waals surface area contributed by atoms with E-state index in [9.17, 15) is 0 Å². The van der Waals surface area contributed by atoms with Gasteiger partial charge in [0.1, 0.15) is 0 Å². The molecule has 0 aliphatic heterocycles. The van der Waals surface area contributed by atoms with Crippen LogP contribution in [0.1, 0.15) is 46.0 Å². The van der Waals surface area contributed by atoms with Gasteiger partial charge in [0.25, 0.3) is 0 Å². The van der Waals surface area contributed by atoms with Crippen molar-refractivity contribution in [2.75, 3.05) is 26.2 Å². The molecule has 2 nitrogen and oxygen atoms in total. The zero-order valence-corrected chi connectivity index (χ0v) is 10.5. The van der Waals surface area contributed by atoms with Crippen molar-refractivity contribution in [3.8, 4) is 0 Å². The zero-order chi connectivity index (χ0) is 11.1. The second-order valence-corrected chi connectivity index (χ2v) is 4.93.